The van der Waals surface area contributed by atoms with E-state index in [1.807, 2.05) is 0 Å². The molecule has 0 saturated heterocycles. The van der Waals surface area contributed by atoms with E-state index in [4.69, 9.17) is 0 Å². The summed E-state index contributed by atoms with van der Waals surface area (Å²) in [5.74, 6) is -0.491. The van der Waals surface area contributed by atoms with Crippen LogP contribution in [0.25, 0.3) is 0 Å². The van der Waals surface area contributed by atoms with E-state index < -0.39 is 11.7 Å². The van der Waals surface area contributed by atoms with Crippen molar-refractivity contribution in [2.24, 2.45) is 0 Å². The third-order valence-corrected chi connectivity index (χ3v) is 3.28. The highest BCUT2D eigenvalue weighted by Gasteiger charge is 2.09. The van der Waals surface area contributed by atoms with Gasteiger partial charge in [0.2, 0.25) is 0 Å². The number of nitrogens with one attached hydrogen (secondary N) is 1. The Morgan fingerprint density at radius 2 is 2.00 bits per heavy atom. The maximum atomic E-state index is 13.3. The number of aromatic nitrogens is 1. The van der Waals surface area contributed by atoms with Crippen molar-refractivity contribution >= 4 is 43.6 Å². The number of hydrogen-bond donors (Lipinski definition) is 1. The van der Waals surface area contributed by atoms with Crippen LogP contribution in [-0.4, -0.2) is 10.9 Å². The summed E-state index contributed by atoms with van der Waals surface area (Å²) in [5.41, 5.74) is 0.234. The summed E-state index contributed by atoms with van der Waals surface area (Å²) in [6, 6.07) is 7.58. The van der Waals surface area contributed by atoms with Crippen molar-refractivity contribution in [1.82, 2.24) is 4.98 Å². The molecule has 0 aliphatic heterocycles. The molecule has 1 heterocycles. The van der Waals surface area contributed by atoms with Crippen LogP contribution in [0, 0.1) is 5.82 Å². The molecule has 1 aromatic carbocycles. The van der Waals surface area contributed by atoms with Gasteiger partial charge in [-0.05, 0) is 46.3 Å². The van der Waals surface area contributed by atoms with Crippen molar-refractivity contribution in [1.29, 1.82) is 0 Å². The molecule has 1 amide bonds. The maximum Gasteiger partial charge on any atom is 0.256 e. The minimum absolute atomic E-state index is 0.234. The molecule has 2 rings (SSSR count). The Hall–Kier alpha value is -1.27. The highest BCUT2D eigenvalue weighted by Crippen LogP contribution is 2.18. The number of anilines is 1. The molecule has 0 aliphatic rings. The Labute approximate surface area is 120 Å². The molecule has 18 heavy (non-hydrogen) atoms. The molecule has 92 valence electrons. The summed E-state index contributed by atoms with van der Waals surface area (Å²) < 4.78 is 14.4. The zero-order valence-electron chi connectivity index (χ0n) is 8.95. The average molecular weight is 374 g/mol. The van der Waals surface area contributed by atoms with Crippen molar-refractivity contribution in [3.05, 3.63) is 56.9 Å². The summed E-state index contributed by atoms with van der Waals surface area (Å²) >= 11 is 6.30. The van der Waals surface area contributed by atoms with Crippen molar-refractivity contribution < 1.29 is 9.18 Å². The van der Waals surface area contributed by atoms with Crippen LogP contribution in [0.3, 0.4) is 0 Å². The van der Waals surface area contributed by atoms with Gasteiger partial charge in [0.05, 0.1) is 4.47 Å². The molecule has 0 spiro atoms. The Balaban J connectivity index is 2.19. The van der Waals surface area contributed by atoms with Crippen LogP contribution < -0.4 is 5.32 Å². The van der Waals surface area contributed by atoms with E-state index >= 15 is 0 Å². The molecule has 0 unspecified atom stereocenters. The van der Waals surface area contributed by atoms with E-state index in [-0.39, 0.29) is 5.56 Å². The second-order valence-corrected chi connectivity index (χ2v) is 5.21. The molecule has 1 aromatic heterocycles. The number of halogens is 3. The van der Waals surface area contributed by atoms with Crippen molar-refractivity contribution in [2.75, 3.05) is 5.32 Å². The van der Waals surface area contributed by atoms with Gasteiger partial charge >= 0.3 is 0 Å². The minimum Gasteiger partial charge on any atom is -0.307 e. The first-order valence-corrected chi connectivity index (χ1v) is 6.53. The molecule has 2 aromatic rings. The predicted octanol–water partition coefficient (Wildman–Crippen LogP) is 4.00. The fourth-order valence-corrected chi connectivity index (χ4v) is 1.88. The molecular formula is C12H7Br2FN2O. The van der Waals surface area contributed by atoms with Crippen molar-refractivity contribution in [2.45, 2.75) is 0 Å². The highest BCUT2D eigenvalue weighted by molar-refractivity contribution is 9.10. The summed E-state index contributed by atoms with van der Waals surface area (Å²) in [6.07, 6.45) is 1.56. The van der Waals surface area contributed by atoms with E-state index in [1.165, 1.54) is 12.1 Å². The lowest BCUT2D eigenvalue weighted by Crippen LogP contribution is -2.13. The normalized spacial score (nSPS) is 10.2. The Morgan fingerprint density at radius 3 is 2.67 bits per heavy atom. The fraction of sp³-hybridized carbons (Fsp3) is 0. The lowest BCUT2D eigenvalue weighted by molar-refractivity contribution is 0.102. The topological polar surface area (TPSA) is 42.0 Å². The van der Waals surface area contributed by atoms with Crippen LogP contribution in [-0.2, 0) is 0 Å². The average Bonchev–Trinajstić information content (AvgIpc) is 2.32. The van der Waals surface area contributed by atoms with Gasteiger partial charge in [-0.1, -0.05) is 15.9 Å². The zero-order chi connectivity index (χ0) is 13.1. The van der Waals surface area contributed by atoms with E-state index in [0.717, 1.165) is 10.5 Å². The smallest absolute Gasteiger partial charge is 0.256 e. The van der Waals surface area contributed by atoms with Gasteiger partial charge in [0, 0.05) is 16.2 Å². The number of carbonyl (C=O) groups excluding carboxylic acids is 1. The standard InChI is InChI=1S/C12H7Br2FN2O/c13-8-3-4-16-11(6-8)17-12(18)7-1-2-9(14)10(15)5-7/h1-6H,(H,16,17,18). The molecule has 1 N–H and O–H groups in total. The highest BCUT2D eigenvalue weighted by atomic mass is 79.9. The third-order valence-electron chi connectivity index (χ3n) is 2.15. The third kappa shape index (κ3) is 3.14. The first-order valence-electron chi connectivity index (χ1n) is 4.94. The van der Waals surface area contributed by atoms with Crippen LogP contribution in [0.5, 0.6) is 0 Å². The van der Waals surface area contributed by atoms with Crippen molar-refractivity contribution in [3.8, 4) is 0 Å². The number of rotatable bonds is 2. The Kier molecular flexibility index (Phi) is 4.08. The first kappa shape index (κ1) is 13.2. The van der Waals surface area contributed by atoms with Crippen LogP contribution in [0.4, 0.5) is 10.2 Å². The van der Waals surface area contributed by atoms with E-state index in [2.05, 4.69) is 42.2 Å². The molecule has 6 heteroatoms. The molecular weight excluding hydrogens is 367 g/mol. The van der Waals surface area contributed by atoms with Gasteiger partial charge < -0.3 is 5.32 Å². The largest absolute Gasteiger partial charge is 0.307 e. The summed E-state index contributed by atoms with van der Waals surface area (Å²) in [7, 11) is 0. The summed E-state index contributed by atoms with van der Waals surface area (Å²) in [5, 5.41) is 2.58. The van der Waals surface area contributed by atoms with Gasteiger partial charge in [-0.15, -0.1) is 0 Å². The number of pyridine rings is 1. The molecule has 0 radical (unpaired) electrons. The molecule has 0 aliphatic carbocycles. The first-order chi connectivity index (χ1) is 8.56. The predicted molar refractivity (Wildman–Crippen MR) is 74.0 cm³/mol. The van der Waals surface area contributed by atoms with Crippen LogP contribution >= 0.6 is 31.9 Å². The van der Waals surface area contributed by atoms with Gasteiger partial charge in [0.15, 0.2) is 0 Å². The number of amides is 1. The molecule has 0 atom stereocenters. The van der Waals surface area contributed by atoms with Gasteiger partial charge in [0.1, 0.15) is 11.6 Å². The summed E-state index contributed by atoms with van der Waals surface area (Å²) in [4.78, 5) is 15.8. The molecule has 0 bridgehead atoms. The number of nitrogens with zero attached hydrogens (tertiary/aromatic N) is 1. The molecule has 0 fully saturated rings. The van der Waals surface area contributed by atoms with Gasteiger partial charge in [-0.3, -0.25) is 4.79 Å². The second-order valence-electron chi connectivity index (χ2n) is 3.44. The Morgan fingerprint density at radius 1 is 1.22 bits per heavy atom. The van der Waals surface area contributed by atoms with E-state index in [9.17, 15) is 9.18 Å². The SMILES string of the molecule is O=C(Nc1cc(Br)ccn1)c1ccc(Br)c(F)c1. The minimum atomic E-state index is -0.482. The monoisotopic (exact) mass is 372 g/mol. The van der Waals surface area contributed by atoms with Gasteiger partial charge in [0.25, 0.3) is 5.91 Å². The quantitative estimate of drug-likeness (QED) is 0.864. The lowest BCUT2D eigenvalue weighted by Gasteiger charge is -2.05. The number of hydrogen-bond acceptors (Lipinski definition) is 2. The van der Waals surface area contributed by atoms with Crippen LogP contribution in [0.1, 0.15) is 10.4 Å². The maximum absolute atomic E-state index is 13.3. The van der Waals surface area contributed by atoms with Gasteiger partial charge in [-0.2, -0.15) is 0 Å². The van der Waals surface area contributed by atoms with E-state index in [1.54, 1.807) is 18.3 Å². The zero-order valence-corrected chi connectivity index (χ0v) is 12.1. The van der Waals surface area contributed by atoms with Crippen LogP contribution in [0.2, 0.25) is 0 Å². The van der Waals surface area contributed by atoms with Crippen molar-refractivity contribution in [3.63, 3.8) is 0 Å². The number of benzene rings is 1. The lowest BCUT2D eigenvalue weighted by atomic mass is 10.2. The fourth-order valence-electron chi connectivity index (χ4n) is 1.30. The molecule has 3 nitrogen and oxygen atoms in total. The van der Waals surface area contributed by atoms with Gasteiger partial charge in [-0.25, -0.2) is 9.37 Å². The number of carbonyl (C=O) groups is 1. The second kappa shape index (κ2) is 5.58. The molecule has 0 saturated carbocycles. The summed E-state index contributed by atoms with van der Waals surface area (Å²) in [6.45, 7) is 0. The van der Waals surface area contributed by atoms with E-state index in [0.29, 0.717) is 10.3 Å². The van der Waals surface area contributed by atoms with Crippen LogP contribution in [0.15, 0.2) is 45.5 Å². The Bertz CT molecular complexity index is 604.